The first-order valence-corrected chi connectivity index (χ1v) is 5.45. The van der Waals surface area contributed by atoms with Crippen LogP contribution < -0.4 is 10.6 Å². The Kier molecular flexibility index (Phi) is 2.28. The molecule has 0 unspecified atom stereocenters. The summed E-state index contributed by atoms with van der Waals surface area (Å²) in [5.74, 6) is 1.22. The first-order valence-electron chi connectivity index (χ1n) is 4.46. The quantitative estimate of drug-likeness (QED) is 0.572. The summed E-state index contributed by atoms with van der Waals surface area (Å²) in [5.41, 5.74) is 0. The van der Waals surface area contributed by atoms with Crippen LogP contribution in [0.15, 0.2) is 0 Å². The fraction of sp³-hybridized carbons (Fsp3) is 0.875. The van der Waals surface area contributed by atoms with Gasteiger partial charge in [-0.3, -0.25) is 4.79 Å². The Labute approximate surface area is 76.7 Å². The third kappa shape index (κ3) is 1.59. The number of nitrogens with one attached hydrogen (secondary N) is 2. The molecular formula is C8H14N2OS. The summed E-state index contributed by atoms with van der Waals surface area (Å²) >= 11 is 1.92. The zero-order chi connectivity index (χ0) is 8.44. The molecular weight excluding hydrogens is 172 g/mol. The molecule has 0 radical (unpaired) electrons. The Morgan fingerprint density at radius 2 is 2.08 bits per heavy atom. The summed E-state index contributed by atoms with van der Waals surface area (Å²) in [6.45, 7) is 2.07. The van der Waals surface area contributed by atoms with Gasteiger partial charge in [-0.1, -0.05) is 0 Å². The van der Waals surface area contributed by atoms with Crippen LogP contribution in [-0.4, -0.2) is 29.6 Å². The van der Waals surface area contributed by atoms with Gasteiger partial charge in [0.1, 0.15) is 0 Å². The highest BCUT2D eigenvalue weighted by Crippen LogP contribution is 2.34. The Balaban J connectivity index is 2.02. The van der Waals surface area contributed by atoms with E-state index in [2.05, 4.69) is 10.6 Å². The monoisotopic (exact) mass is 186 g/mol. The van der Waals surface area contributed by atoms with Crippen LogP contribution in [0, 0.1) is 0 Å². The fourth-order valence-corrected chi connectivity index (χ4v) is 3.15. The standard InChI is InChI=1S/C8H14N2OS/c11-7-1-6-12-8(10-7)2-4-9-5-3-8/h9H,1-6H2,(H,10,11). The number of hydrogen-bond donors (Lipinski definition) is 2. The molecule has 0 saturated carbocycles. The van der Waals surface area contributed by atoms with Gasteiger partial charge in [-0.15, -0.1) is 11.8 Å². The molecule has 2 heterocycles. The molecule has 0 aromatic heterocycles. The molecule has 4 heteroatoms. The molecule has 2 saturated heterocycles. The van der Waals surface area contributed by atoms with E-state index < -0.39 is 0 Å². The normalized spacial score (nSPS) is 28.5. The van der Waals surface area contributed by atoms with Crippen molar-refractivity contribution in [3.8, 4) is 0 Å². The van der Waals surface area contributed by atoms with Gasteiger partial charge in [0.15, 0.2) is 0 Å². The molecule has 2 aliphatic rings. The summed E-state index contributed by atoms with van der Waals surface area (Å²) in [4.78, 5) is 11.3. The number of thioether (sulfide) groups is 1. The number of carbonyl (C=O) groups excluding carboxylic acids is 1. The Hall–Kier alpha value is -0.220. The number of amides is 1. The van der Waals surface area contributed by atoms with Crippen LogP contribution in [0.5, 0.6) is 0 Å². The molecule has 0 aliphatic carbocycles. The van der Waals surface area contributed by atoms with Gasteiger partial charge >= 0.3 is 0 Å². The zero-order valence-electron chi connectivity index (χ0n) is 7.06. The van der Waals surface area contributed by atoms with Crippen LogP contribution in [-0.2, 0) is 4.79 Å². The maximum Gasteiger partial charge on any atom is 0.221 e. The molecule has 1 spiro atoms. The summed E-state index contributed by atoms with van der Waals surface area (Å²) in [5, 5.41) is 6.42. The van der Waals surface area contributed by atoms with Crippen LogP contribution in [0.3, 0.4) is 0 Å². The van der Waals surface area contributed by atoms with Gasteiger partial charge in [-0.25, -0.2) is 0 Å². The van der Waals surface area contributed by atoms with Crippen LogP contribution in [0.2, 0.25) is 0 Å². The lowest BCUT2D eigenvalue weighted by Gasteiger charge is -2.40. The minimum atomic E-state index is 0.0839. The summed E-state index contributed by atoms with van der Waals surface area (Å²) < 4.78 is 0. The van der Waals surface area contributed by atoms with Crippen molar-refractivity contribution < 1.29 is 4.79 Å². The first-order chi connectivity index (χ1) is 5.81. The molecule has 0 atom stereocenters. The molecule has 0 aromatic rings. The molecule has 0 bridgehead atoms. The number of rotatable bonds is 0. The average Bonchev–Trinajstić information content (AvgIpc) is 2.05. The van der Waals surface area contributed by atoms with E-state index in [1.165, 1.54) is 0 Å². The van der Waals surface area contributed by atoms with E-state index in [0.29, 0.717) is 6.42 Å². The number of hydrogen-bond acceptors (Lipinski definition) is 3. The highest BCUT2D eigenvalue weighted by Gasteiger charge is 2.36. The van der Waals surface area contributed by atoms with Crippen molar-refractivity contribution in [1.82, 2.24) is 10.6 Å². The summed E-state index contributed by atoms with van der Waals surface area (Å²) in [6, 6.07) is 0. The largest absolute Gasteiger partial charge is 0.342 e. The molecule has 12 heavy (non-hydrogen) atoms. The molecule has 1 amide bonds. The molecule has 2 aliphatic heterocycles. The average molecular weight is 186 g/mol. The van der Waals surface area contributed by atoms with Gasteiger partial charge in [-0.2, -0.15) is 0 Å². The van der Waals surface area contributed by atoms with Crippen molar-refractivity contribution >= 4 is 17.7 Å². The van der Waals surface area contributed by atoms with E-state index in [1.807, 2.05) is 11.8 Å². The number of piperidine rings is 1. The highest BCUT2D eigenvalue weighted by atomic mass is 32.2. The van der Waals surface area contributed by atoms with Gasteiger partial charge in [0.05, 0.1) is 4.87 Å². The van der Waals surface area contributed by atoms with Gasteiger partial charge in [0, 0.05) is 12.2 Å². The predicted octanol–water partition coefficient (Wildman–Crippen LogP) is 0.319. The van der Waals surface area contributed by atoms with Crippen molar-refractivity contribution in [2.45, 2.75) is 24.1 Å². The second-order valence-corrected chi connectivity index (χ2v) is 4.87. The molecule has 2 fully saturated rings. The molecule has 2 rings (SSSR count). The molecule has 2 N–H and O–H groups in total. The smallest absolute Gasteiger partial charge is 0.221 e. The Bertz CT molecular complexity index is 184. The van der Waals surface area contributed by atoms with Gasteiger partial charge in [0.2, 0.25) is 5.91 Å². The number of carbonyl (C=O) groups is 1. The van der Waals surface area contributed by atoms with E-state index in [0.717, 1.165) is 31.7 Å². The van der Waals surface area contributed by atoms with Gasteiger partial charge in [0.25, 0.3) is 0 Å². The minimum Gasteiger partial charge on any atom is -0.342 e. The minimum absolute atomic E-state index is 0.0839. The van der Waals surface area contributed by atoms with E-state index in [9.17, 15) is 4.79 Å². The zero-order valence-corrected chi connectivity index (χ0v) is 7.88. The van der Waals surface area contributed by atoms with E-state index in [1.54, 1.807) is 0 Å². The van der Waals surface area contributed by atoms with Crippen molar-refractivity contribution in [2.24, 2.45) is 0 Å². The van der Waals surface area contributed by atoms with Crippen LogP contribution >= 0.6 is 11.8 Å². The molecule has 0 aromatic carbocycles. The first kappa shape index (κ1) is 8.38. The molecule has 3 nitrogen and oxygen atoms in total. The maximum atomic E-state index is 11.2. The summed E-state index contributed by atoms with van der Waals surface area (Å²) in [7, 11) is 0. The summed E-state index contributed by atoms with van der Waals surface area (Å²) in [6.07, 6.45) is 2.84. The maximum absolute atomic E-state index is 11.2. The third-order valence-electron chi connectivity index (χ3n) is 2.49. The predicted molar refractivity (Wildman–Crippen MR) is 50.1 cm³/mol. The van der Waals surface area contributed by atoms with Crippen molar-refractivity contribution in [3.05, 3.63) is 0 Å². The second-order valence-electron chi connectivity index (χ2n) is 3.39. The van der Waals surface area contributed by atoms with Crippen molar-refractivity contribution in [2.75, 3.05) is 18.8 Å². The Morgan fingerprint density at radius 1 is 1.33 bits per heavy atom. The van der Waals surface area contributed by atoms with E-state index in [-0.39, 0.29) is 10.8 Å². The topological polar surface area (TPSA) is 41.1 Å². The lowest BCUT2D eigenvalue weighted by atomic mass is 10.1. The van der Waals surface area contributed by atoms with Crippen LogP contribution in [0.4, 0.5) is 0 Å². The lowest BCUT2D eigenvalue weighted by Crippen LogP contribution is -2.54. The fourth-order valence-electron chi connectivity index (χ4n) is 1.79. The van der Waals surface area contributed by atoms with E-state index >= 15 is 0 Å². The highest BCUT2D eigenvalue weighted by molar-refractivity contribution is 8.00. The van der Waals surface area contributed by atoms with Gasteiger partial charge in [-0.05, 0) is 25.9 Å². The SMILES string of the molecule is O=C1CCSC2(CCNCC2)N1. The van der Waals surface area contributed by atoms with Crippen LogP contribution in [0.1, 0.15) is 19.3 Å². The third-order valence-corrected chi connectivity index (χ3v) is 3.96. The lowest BCUT2D eigenvalue weighted by molar-refractivity contribution is -0.122. The van der Waals surface area contributed by atoms with Gasteiger partial charge < -0.3 is 10.6 Å². The van der Waals surface area contributed by atoms with E-state index in [4.69, 9.17) is 0 Å². The molecule has 68 valence electrons. The van der Waals surface area contributed by atoms with Crippen LogP contribution in [0.25, 0.3) is 0 Å². The van der Waals surface area contributed by atoms with Crippen molar-refractivity contribution in [1.29, 1.82) is 0 Å². The second kappa shape index (κ2) is 3.26. The van der Waals surface area contributed by atoms with Crippen molar-refractivity contribution in [3.63, 3.8) is 0 Å². The Morgan fingerprint density at radius 3 is 2.75 bits per heavy atom.